The number of ether oxygens (including phenoxy) is 1. The van der Waals surface area contributed by atoms with Crippen molar-refractivity contribution in [3.63, 3.8) is 0 Å². The van der Waals surface area contributed by atoms with Crippen LogP contribution in [0.1, 0.15) is 20.8 Å². The zero-order valence-corrected chi connectivity index (χ0v) is 6.96. The Morgan fingerprint density at radius 1 is 1.36 bits per heavy atom. The van der Waals surface area contributed by atoms with Crippen LogP contribution in [-0.4, -0.2) is 11.8 Å². The van der Waals surface area contributed by atoms with Gasteiger partial charge in [-0.15, -0.1) is 0 Å². The lowest BCUT2D eigenvalue weighted by atomic mass is 10.1. The highest BCUT2D eigenvalue weighted by Crippen LogP contribution is 1.95. The molecule has 0 saturated heterocycles. The van der Waals surface area contributed by atoms with Gasteiger partial charge in [0.05, 0.1) is 6.26 Å². The molecule has 0 aliphatic heterocycles. The van der Waals surface area contributed by atoms with Crippen molar-refractivity contribution in [2.45, 2.75) is 20.8 Å². The molecule has 3 nitrogen and oxygen atoms in total. The van der Waals surface area contributed by atoms with E-state index in [4.69, 9.17) is 0 Å². The van der Waals surface area contributed by atoms with Crippen molar-refractivity contribution in [2.24, 2.45) is 5.92 Å². The van der Waals surface area contributed by atoms with Gasteiger partial charge in [0.2, 0.25) is 0 Å². The summed E-state index contributed by atoms with van der Waals surface area (Å²) >= 11 is 0. The lowest BCUT2D eigenvalue weighted by Crippen LogP contribution is -2.02. The topological polar surface area (TPSA) is 43.4 Å². The molecule has 0 radical (unpaired) electrons. The van der Waals surface area contributed by atoms with Crippen LogP contribution in [0.25, 0.3) is 0 Å². The first kappa shape index (κ1) is 9.88. The van der Waals surface area contributed by atoms with Gasteiger partial charge in [-0.25, -0.2) is 0 Å². The molecule has 0 rings (SSSR count). The summed E-state index contributed by atoms with van der Waals surface area (Å²) in [6.07, 6.45) is 2.37. The number of hydrogen-bond acceptors (Lipinski definition) is 3. The van der Waals surface area contributed by atoms with Crippen molar-refractivity contribution in [1.29, 1.82) is 0 Å². The van der Waals surface area contributed by atoms with E-state index >= 15 is 0 Å². The van der Waals surface area contributed by atoms with Crippen molar-refractivity contribution in [3.8, 4) is 0 Å². The minimum absolute atomic E-state index is 0.0498. The fourth-order valence-corrected chi connectivity index (χ4v) is 0.389. The molecule has 0 aromatic rings. The van der Waals surface area contributed by atoms with E-state index in [0.29, 0.717) is 0 Å². The Bertz CT molecular complexity index is 180. The molecule has 0 aromatic heterocycles. The maximum atomic E-state index is 10.8. The average Bonchev–Trinajstić information content (AvgIpc) is 1.86. The summed E-state index contributed by atoms with van der Waals surface area (Å²) in [6.45, 7) is 4.84. The lowest BCUT2D eigenvalue weighted by Gasteiger charge is -1.95. The molecule has 0 atom stereocenters. The fourth-order valence-electron chi connectivity index (χ4n) is 0.389. The Labute approximate surface area is 66.0 Å². The van der Waals surface area contributed by atoms with E-state index in [1.807, 2.05) is 0 Å². The molecule has 0 heterocycles. The number of esters is 1. The van der Waals surface area contributed by atoms with E-state index in [0.717, 1.165) is 6.26 Å². The fraction of sp³-hybridized carbons (Fsp3) is 0.500. The molecule has 0 aliphatic carbocycles. The Morgan fingerprint density at radius 2 is 1.91 bits per heavy atom. The van der Waals surface area contributed by atoms with E-state index in [1.54, 1.807) is 13.8 Å². The molecule has 0 aromatic carbocycles. The Balaban J connectivity index is 3.75. The zero-order chi connectivity index (χ0) is 8.85. The van der Waals surface area contributed by atoms with Crippen LogP contribution in [0.3, 0.4) is 0 Å². The van der Waals surface area contributed by atoms with E-state index in [1.165, 1.54) is 13.0 Å². The SMILES string of the molecule is CC(=O)O/C=C/C(=O)C(C)C. The summed E-state index contributed by atoms with van der Waals surface area (Å²) in [6, 6.07) is 0. The molecular formula is C8H12O3. The largest absolute Gasteiger partial charge is 0.435 e. The number of hydrogen-bond donors (Lipinski definition) is 0. The Kier molecular flexibility index (Phi) is 4.18. The van der Waals surface area contributed by atoms with Crippen molar-refractivity contribution in [2.75, 3.05) is 0 Å². The second-order valence-electron chi connectivity index (χ2n) is 2.47. The minimum atomic E-state index is -0.419. The van der Waals surface area contributed by atoms with Crippen LogP contribution in [0.2, 0.25) is 0 Å². The molecule has 0 N–H and O–H groups in total. The second kappa shape index (κ2) is 4.66. The van der Waals surface area contributed by atoms with E-state index in [9.17, 15) is 9.59 Å². The number of ketones is 1. The minimum Gasteiger partial charge on any atom is -0.435 e. The van der Waals surface area contributed by atoms with Gasteiger partial charge < -0.3 is 4.74 Å². The second-order valence-corrected chi connectivity index (χ2v) is 2.47. The molecule has 0 fully saturated rings. The Morgan fingerprint density at radius 3 is 2.27 bits per heavy atom. The summed E-state index contributed by atoms with van der Waals surface area (Å²) in [7, 11) is 0. The van der Waals surface area contributed by atoms with Crippen LogP contribution in [-0.2, 0) is 14.3 Å². The van der Waals surface area contributed by atoms with Gasteiger partial charge in [-0.1, -0.05) is 13.8 Å². The molecule has 0 amide bonds. The van der Waals surface area contributed by atoms with Crippen molar-refractivity contribution >= 4 is 11.8 Å². The summed E-state index contributed by atoms with van der Waals surface area (Å²) in [5, 5.41) is 0. The van der Waals surface area contributed by atoms with Crippen LogP contribution < -0.4 is 0 Å². The standard InChI is InChI=1S/C8H12O3/c1-6(2)8(10)4-5-11-7(3)9/h4-6H,1-3H3/b5-4+. The molecule has 0 bridgehead atoms. The Hall–Kier alpha value is -1.12. The number of carbonyl (C=O) groups excluding carboxylic acids is 2. The van der Waals surface area contributed by atoms with Gasteiger partial charge in [0.25, 0.3) is 0 Å². The summed E-state index contributed by atoms with van der Waals surface area (Å²) in [5.74, 6) is -0.522. The molecule has 11 heavy (non-hydrogen) atoms. The van der Waals surface area contributed by atoms with E-state index in [2.05, 4.69) is 4.74 Å². The van der Waals surface area contributed by atoms with Gasteiger partial charge in [-0.05, 0) is 0 Å². The van der Waals surface area contributed by atoms with Crippen LogP contribution >= 0.6 is 0 Å². The normalized spacial score (nSPS) is 10.5. The lowest BCUT2D eigenvalue weighted by molar-refractivity contribution is -0.135. The number of carbonyl (C=O) groups is 2. The van der Waals surface area contributed by atoms with Crippen LogP contribution in [0.15, 0.2) is 12.3 Å². The maximum Gasteiger partial charge on any atom is 0.307 e. The first-order valence-corrected chi connectivity index (χ1v) is 3.41. The summed E-state index contributed by atoms with van der Waals surface area (Å²) in [4.78, 5) is 21.1. The maximum absolute atomic E-state index is 10.8. The smallest absolute Gasteiger partial charge is 0.307 e. The van der Waals surface area contributed by atoms with Gasteiger partial charge in [0.1, 0.15) is 0 Å². The highest BCUT2D eigenvalue weighted by Gasteiger charge is 2.01. The molecule has 0 unspecified atom stereocenters. The molecule has 62 valence electrons. The number of allylic oxidation sites excluding steroid dienone is 1. The first-order chi connectivity index (χ1) is 5.04. The molecule has 0 spiro atoms. The van der Waals surface area contributed by atoms with Gasteiger partial charge in [0.15, 0.2) is 5.78 Å². The number of rotatable bonds is 3. The van der Waals surface area contributed by atoms with Crippen molar-refractivity contribution < 1.29 is 14.3 Å². The van der Waals surface area contributed by atoms with Crippen LogP contribution in [0.5, 0.6) is 0 Å². The van der Waals surface area contributed by atoms with Gasteiger partial charge in [0, 0.05) is 18.9 Å². The van der Waals surface area contributed by atoms with Gasteiger partial charge >= 0.3 is 5.97 Å². The highest BCUT2D eigenvalue weighted by atomic mass is 16.5. The van der Waals surface area contributed by atoms with Gasteiger partial charge in [-0.2, -0.15) is 0 Å². The molecule has 0 aliphatic rings. The average molecular weight is 156 g/mol. The molecular weight excluding hydrogens is 144 g/mol. The first-order valence-electron chi connectivity index (χ1n) is 3.41. The highest BCUT2D eigenvalue weighted by molar-refractivity contribution is 5.91. The predicted octanol–water partition coefficient (Wildman–Crippen LogP) is 1.29. The monoisotopic (exact) mass is 156 g/mol. The summed E-state index contributed by atoms with van der Waals surface area (Å²) in [5.41, 5.74) is 0. The predicted molar refractivity (Wildman–Crippen MR) is 40.8 cm³/mol. The van der Waals surface area contributed by atoms with E-state index in [-0.39, 0.29) is 11.7 Å². The zero-order valence-electron chi connectivity index (χ0n) is 6.96. The third-order valence-electron chi connectivity index (χ3n) is 1.04. The van der Waals surface area contributed by atoms with E-state index < -0.39 is 5.97 Å². The molecule has 3 heteroatoms. The third kappa shape index (κ3) is 5.33. The summed E-state index contributed by atoms with van der Waals surface area (Å²) < 4.78 is 4.42. The molecule has 0 saturated carbocycles. The van der Waals surface area contributed by atoms with Gasteiger partial charge in [-0.3, -0.25) is 9.59 Å². The third-order valence-corrected chi connectivity index (χ3v) is 1.04. The quantitative estimate of drug-likeness (QED) is 0.351. The van der Waals surface area contributed by atoms with Crippen LogP contribution in [0.4, 0.5) is 0 Å². The van der Waals surface area contributed by atoms with Crippen LogP contribution in [0, 0.1) is 5.92 Å². The van der Waals surface area contributed by atoms with Crippen molar-refractivity contribution in [1.82, 2.24) is 0 Å². The van der Waals surface area contributed by atoms with Crippen molar-refractivity contribution in [3.05, 3.63) is 12.3 Å².